The molecule has 0 saturated heterocycles. The van der Waals surface area contributed by atoms with Gasteiger partial charge in [0.25, 0.3) is 5.91 Å². The van der Waals surface area contributed by atoms with Crippen LogP contribution in [-0.2, 0) is 19.4 Å². The summed E-state index contributed by atoms with van der Waals surface area (Å²) in [5, 5.41) is 25.3. The molecular weight excluding hydrogens is 426 g/mol. The van der Waals surface area contributed by atoms with E-state index >= 15 is 0 Å². The lowest BCUT2D eigenvalue weighted by molar-refractivity contribution is -0.125. The number of hydrogen-bond acceptors (Lipinski definition) is 7. The van der Waals surface area contributed by atoms with Crippen LogP contribution in [-0.4, -0.2) is 72.7 Å². The van der Waals surface area contributed by atoms with Gasteiger partial charge in [0, 0.05) is 23.8 Å². The maximum Gasteiger partial charge on any atom is 0.251 e. The van der Waals surface area contributed by atoms with Crippen molar-refractivity contribution in [1.29, 1.82) is 0 Å². The zero-order valence-electron chi connectivity index (χ0n) is 17.2. The van der Waals surface area contributed by atoms with Crippen LogP contribution in [0.25, 0.3) is 0 Å². The van der Waals surface area contributed by atoms with Gasteiger partial charge in [-0.3, -0.25) is 14.4 Å². The Kier molecular flexibility index (Phi) is 7.93. The smallest absolute Gasteiger partial charge is 0.251 e. The van der Waals surface area contributed by atoms with Crippen molar-refractivity contribution in [3.63, 3.8) is 0 Å². The first-order valence-corrected chi connectivity index (χ1v) is 11.7. The molecule has 1 aromatic carbocycles. The minimum Gasteiger partial charge on any atom is -0.390 e. The maximum atomic E-state index is 12.6. The van der Waals surface area contributed by atoms with Crippen molar-refractivity contribution < 1.29 is 33.0 Å². The molecule has 0 fully saturated rings. The van der Waals surface area contributed by atoms with Gasteiger partial charge >= 0.3 is 0 Å². The Hall–Kier alpha value is -2.76. The molecule has 4 atom stereocenters. The summed E-state index contributed by atoms with van der Waals surface area (Å²) in [6.45, 7) is 1.87. The van der Waals surface area contributed by atoms with Gasteiger partial charge in [-0.15, -0.1) is 0 Å². The second-order valence-electron chi connectivity index (χ2n) is 7.67. The number of carbonyl (C=O) groups excluding carboxylic acids is 3. The van der Waals surface area contributed by atoms with Crippen LogP contribution in [0.3, 0.4) is 0 Å². The van der Waals surface area contributed by atoms with Crippen LogP contribution in [0.4, 0.5) is 0 Å². The molecule has 0 aromatic heterocycles. The summed E-state index contributed by atoms with van der Waals surface area (Å²) in [5.41, 5.74) is 6.57. The van der Waals surface area contributed by atoms with Crippen molar-refractivity contribution in [2.45, 2.75) is 44.1 Å². The van der Waals surface area contributed by atoms with E-state index in [1.807, 2.05) is 6.92 Å². The van der Waals surface area contributed by atoms with Crippen molar-refractivity contribution in [1.82, 2.24) is 10.6 Å². The largest absolute Gasteiger partial charge is 0.390 e. The minimum atomic E-state index is -3.38. The Morgan fingerprint density at radius 3 is 2.32 bits per heavy atom. The van der Waals surface area contributed by atoms with E-state index < -0.39 is 51.9 Å². The average Bonchev–Trinajstić information content (AvgIpc) is 2.67. The molecular formula is C20H27N3O7S. The second-order valence-corrected chi connectivity index (χ2v) is 9.93. The van der Waals surface area contributed by atoms with E-state index in [1.165, 1.54) is 6.08 Å². The van der Waals surface area contributed by atoms with Crippen molar-refractivity contribution in [3.8, 4) is 0 Å². The van der Waals surface area contributed by atoms with E-state index in [1.54, 1.807) is 24.3 Å². The van der Waals surface area contributed by atoms with E-state index in [0.29, 0.717) is 5.56 Å². The van der Waals surface area contributed by atoms with Gasteiger partial charge in [-0.2, -0.15) is 0 Å². The van der Waals surface area contributed by atoms with Crippen LogP contribution in [0.5, 0.6) is 0 Å². The van der Waals surface area contributed by atoms with E-state index in [0.717, 1.165) is 11.8 Å². The molecule has 31 heavy (non-hydrogen) atoms. The highest BCUT2D eigenvalue weighted by Gasteiger charge is 2.34. The molecule has 1 aliphatic carbocycles. The number of aliphatic hydroxyl groups is 2. The molecule has 0 unspecified atom stereocenters. The van der Waals surface area contributed by atoms with Crippen LogP contribution >= 0.6 is 0 Å². The van der Waals surface area contributed by atoms with Crippen molar-refractivity contribution in [2.24, 2.45) is 5.73 Å². The predicted octanol–water partition coefficient (Wildman–Crippen LogP) is -1.45. The molecule has 6 N–H and O–H groups in total. The molecule has 0 bridgehead atoms. The normalized spacial score (nSPS) is 22.2. The fourth-order valence-corrected chi connectivity index (χ4v) is 3.74. The van der Waals surface area contributed by atoms with Gasteiger partial charge in [-0.1, -0.05) is 23.8 Å². The van der Waals surface area contributed by atoms with Gasteiger partial charge < -0.3 is 26.6 Å². The minimum absolute atomic E-state index is 0.0256. The number of carbonyl (C=O) groups is 3. The van der Waals surface area contributed by atoms with Gasteiger partial charge in [0.05, 0.1) is 17.9 Å². The number of benzene rings is 1. The molecule has 1 aliphatic rings. The first kappa shape index (κ1) is 24.5. The number of rotatable bonds is 8. The molecule has 0 saturated carbocycles. The SMILES string of the molecule is Cc1ccc(C(=O)N[C@@H]2C=C(C(=O)N[C@@H](CCS(C)(=O)=O)C(N)=O)C[C@@H](O)[C@@H]2O)cc1. The van der Waals surface area contributed by atoms with E-state index in [-0.39, 0.29) is 24.2 Å². The molecule has 170 valence electrons. The van der Waals surface area contributed by atoms with Crippen LogP contribution in [0.15, 0.2) is 35.9 Å². The van der Waals surface area contributed by atoms with Gasteiger partial charge in [0.1, 0.15) is 22.0 Å². The summed E-state index contributed by atoms with van der Waals surface area (Å²) in [5.74, 6) is -2.51. The number of aliphatic hydroxyl groups excluding tert-OH is 2. The Morgan fingerprint density at radius 1 is 1.16 bits per heavy atom. The topological polar surface area (TPSA) is 176 Å². The summed E-state index contributed by atoms with van der Waals surface area (Å²) in [6, 6.07) is 4.42. The van der Waals surface area contributed by atoms with Gasteiger partial charge in [0.15, 0.2) is 0 Å². The van der Waals surface area contributed by atoms with E-state index in [2.05, 4.69) is 10.6 Å². The third-order valence-corrected chi connectivity index (χ3v) is 5.88. The quantitative estimate of drug-likeness (QED) is 0.320. The predicted molar refractivity (Wildman–Crippen MR) is 113 cm³/mol. The highest BCUT2D eigenvalue weighted by atomic mass is 32.2. The highest BCUT2D eigenvalue weighted by Crippen LogP contribution is 2.21. The number of primary amides is 1. The number of hydrogen-bond donors (Lipinski definition) is 5. The van der Waals surface area contributed by atoms with E-state index in [9.17, 15) is 33.0 Å². The maximum absolute atomic E-state index is 12.6. The van der Waals surface area contributed by atoms with Gasteiger partial charge in [-0.25, -0.2) is 8.42 Å². The first-order valence-electron chi connectivity index (χ1n) is 9.59. The Balaban J connectivity index is 2.14. The average molecular weight is 454 g/mol. The van der Waals surface area contributed by atoms with Crippen molar-refractivity contribution in [2.75, 3.05) is 12.0 Å². The lowest BCUT2D eigenvalue weighted by atomic mass is 9.89. The van der Waals surface area contributed by atoms with Crippen LogP contribution in [0.1, 0.15) is 28.8 Å². The summed E-state index contributed by atoms with van der Waals surface area (Å²) < 4.78 is 22.7. The fourth-order valence-electron chi connectivity index (χ4n) is 3.07. The molecule has 0 aliphatic heterocycles. The summed E-state index contributed by atoms with van der Waals surface area (Å²) in [6.07, 6.45) is -0.809. The molecule has 11 heteroatoms. The summed E-state index contributed by atoms with van der Waals surface area (Å²) in [4.78, 5) is 36.6. The van der Waals surface area contributed by atoms with Crippen molar-refractivity contribution >= 4 is 27.6 Å². The molecule has 0 heterocycles. The van der Waals surface area contributed by atoms with Crippen LogP contribution in [0, 0.1) is 6.92 Å². The number of nitrogens with two attached hydrogens (primary N) is 1. The molecule has 10 nitrogen and oxygen atoms in total. The third-order valence-electron chi connectivity index (χ3n) is 4.90. The second kappa shape index (κ2) is 10.0. The molecule has 3 amide bonds. The lowest BCUT2D eigenvalue weighted by Gasteiger charge is -2.31. The molecule has 0 spiro atoms. The molecule has 0 radical (unpaired) electrons. The summed E-state index contributed by atoms with van der Waals surface area (Å²) >= 11 is 0. The highest BCUT2D eigenvalue weighted by molar-refractivity contribution is 7.90. The van der Waals surface area contributed by atoms with Crippen molar-refractivity contribution in [3.05, 3.63) is 47.0 Å². The van der Waals surface area contributed by atoms with Gasteiger partial charge in [-0.05, 0) is 25.5 Å². The number of nitrogens with one attached hydrogen (secondary N) is 2. The standard InChI is InChI=1S/C20H27N3O7S/c1-11-3-5-12(6-4-11)19(27)23-15-9-13(10-16(24)17(15)25)20(28)22-14(18(21)26)7-8-31(2,29)30/h3-6,9,14-17,24-25H,7-8,10H2,1-2H3,(H2,21,26)(H,22,28)(H,23,27)/t14-,15+,16+,17+/m0/s1. The van der Waals surface area contributed by atoms with E-state index in [4.69, 9.17) is 5.73 Å². The Bertz CT molecular complexity index is 973. The zero-order chi connectivity index (χ0) is 23.3. The number of amides is 3. The summed E-state index contributed by atoms with van der Waals surface area (Å²) in [7, 11) is -3.38. The Morgan fingerprint density at radius 2 is 1.77 bits per heavy atom. The number of sulfone groups is 1. The van der Waals surface area contributed by atoms with Crippen LogP contribution < -0.4 is 16.4 Å². The Labute approximate surface area is 180 Å². The zero-order valence-corrected chi connectivity index (χ0v) is 18.1. The monoisotopic (exact) mass is 453 g/mol. The fraction of sp³-hybridized carbons (Fsp3) is 0.450. The molecule has 2 rings (SSSR count). The number of aryl methyl sites for hydroxylation is 1. The van der Waals surface area contributed by atoms with Gasteiger partial charge in [0.2, 0.25) is 11.8 Å². The third kappa shape index (κ3) is 7.16. The lowest BCUT2D eigenvalue weighted by Crippen LogP contribution is -2.52. The van der Waals surface area contributed by atoms with Crippen LogP contribution in [0.2, 0.25) is 0 Å². The first-order chi connectivity index (χ1) is 14.4. The molecule has 1 aromatic rings.